The molecule has 0 radical (unpaired) electrons. The van der Waals surface area contributed by atoms with Crippen molar-refractivity contribution < 1.29 is 4.52 Å². The maximum Gasteiger partial charge on any atom is 0.366 e. The highest BCUT2D eigenvalue weighted by Crippen LogP contribution is 2.15. The van der Waals surface area contributed by atoms with Crippen molar-refractivity contribution in [2.24, 2.45) is 4.99 Å². The predicted molar refractivity (Wildman–Crippen MR) is 62.8 cm³/mol. The molecule has 0 atom stereocenters. The zero-order valence-electron chi connectivity index (χ0n) is 8.53. The van der Waals surface area contributed by atoms with Crippen LogP contribution in [0.2, 0.25) is 5.02 Å². The fraction of sp³-hybridized carbons (Fsp3) is 0.0909. The summed E-state index contributed by atoms with van der Waals surface area (Å²) >= 11 is 5.74. The van der Waals surface area contributed by atoms with E-state index in [-0.39, 0.29) is 0 Å². The highest BCUT2D eigenvalue weighted by Gasteiger charge is 2.04. The zero-order valence-corrected chi connectivity index (χ0v) is 9.28. The predicted octanol–water partition coefficient (Wildman–Crippen LogP) is 2.68. The Labute approximate surface area is 96.5 Å². The second kappa shape index (κ2) is 4.37. The number of nitrogens with one attached hydrogen (secondary N) is 1. The number of aliphatic imine (C=N–C) groups is 1. The van der Waals surface area contributed by atoms with E-state index in [0.717, 1.165) is 5.69 Å². The Kier molecular flexibility index (Phi) is 2.92. The minimum Gasteiger partial charge on any atom is -0.338 e. The molecule has 5 heteroatoms. The number of hydrogen-bond donors (Lipinski definition) is 1. The number of aromatic nitrogens is 1. The molecule has 1 aromatic carbocycles. The lowest BCUT2D eigenvalue weighted by Gasteiger charge is -1.92. The summed E-state index contributed by atoms with van der Waals surface area (Å²) in [6.45, 7) is 1.74. The number of aryl methyl sites for hydroxylation is 1. The third kappa shape index (κ3) is 2.23. The van der Waals surface area contributed by atoms with E-state index in [1.165, 1.54) is 6.21 Å². The van der Waals surface area contributed by atoms with Crippen LogP contribution in [0.1, 0.15) is 11.3 Å². The van der Waals surface area contributed by atoms with Gasteiger partial charge in [0.25, 0.3) is 0 Å². The molecule has 0 bridgehead atoms. The van der Waals surface area contributed by atoms with Crippen LogP contribution in [0.25, 0.3) is 0 Å². The summed E-state index contributed by atoms with van der Waals surface area (Å²) in [5.41, 5.74) is 1.39. The maximum atomic E-state index is 11.2. The van der Waals surface area contributed by atoms with Gasteiger partial charge in [0.15, 0.2) is 0 Å². The molecule has 0 spiro atoms. The smallest absolute Gasteiger partial charge is 0.338 e. The Balaban J connectivity index is 2.28. The largest absolute Gasteiger partial charge is 0.366 e. The van der Waals surface area contributed by atoms with E-state index in [1.807, 2.05) is 0 Å². The van der Waals surface area contributed by atoms with Gasteiger partial charge in [-0.15, -0.1) is 0 Å². The van der Waals surface area contributed by atoms with Crippen molar-refractivity contribution in [1.82, 2.24) is 5.16 Å². The Morgan fingerprint density at radius 3 is 2.62 bits per heavy atom. The zero-order chi connectivity index (χ0) is 11.5. The topological polar surface area (TPSA) is 58.4 Å². The van der Waals surface area contributed by atoms with Gasteiger partial charge in [0.05, 0.1) is 11.4 Å². The van der Waals surface area contributed by atoms with Gasteiger partial charge < -0.3 is 4.52 Å². The third-order valence-corrected chi connectivity index (χ3v) is 2.34. The van der Waals surface area contributed by atoms with Gasteiger partial charge in [-0.1, -0.05) is 11.6 Å². The van der Waals surface area contributed by atoms with Crippen LogP contribution >= 0.6 is 11.6 Å². The lowest BCUT2D eigenvalue weighted by Crippen LogP contribution is -2.00. The molecule has 0 aliphatic carbocycles. The summed E-state index contributed by atoms with van der Waals surface area (Å²) in [4.78, 5) is 15.4. The maximum absolute atomic E-state index is 11.2. The highest BCUT2D eigenvalue weighted by atomic mass is 35.5. The lowest BCUT2D eigenvalue weighted by molar-refractivity contribution is 0.387. The molecule has 0 unspecified atom stereocenters. The lowest BCUT2D eigenvalue weighted by atomic mass is 10.3. The second-order valence-electron chi connectivity index (χ2n) is 3.26. The fourth-order valence-electron chi connectivity index (χ4n) is 1.20. The van der Waals surface area contributed by atoms with Crippen LogP contribution in [-0.4, -0.2) is 11.4 Å². The molecule has 0 aliphatic rings. The van der Waals surface area contributed by atoms with E-state index < -0.39 is 5.63 Å². The van der Waals surface area contributed by atoms with Crippen LogP contribution in [0.3, 0.4) is 0 Å². The van der Waals surface area contributed by atoms with Crippen molar-refractivity contribution in [3.8, 4) is 0 Å². The van der Waals surface area contributed by atoms with Gasteiger partial charge in [-0.2, -0.15) is 0 Å². The SMILES string of the molecule is Cc1[nH]oc(=O)c1C=Nc1ccc(Cl)cc1. The Hall–Kier alpha value is -1.81. The minimum absolute atomic E-state index is 0.421. The van der Waals surface area contributed by atoms with Gasteiger partial charge in [-0.25, -0.2) is 9.95 Å². The van der Waals surface area contributed by atoms with E-state index in [0.29, 0.717) is 16.3 Å². The summed E-state index contributed by atoms with van der Waals surface area (Å²) in [5.74, 6) is 0. The molecule has 16 heavy (non-hydrogen) atoms. The van der Waals surface area contributed by atoms with Gasteiger partial charge in [0.2, 0.25) is 0 Å². The number of nitrogens with zero attached hydrogens (tertiary/aromatic N) is 1. The summed E-state index contributed by atoms with van der Waals surface area (Å²) in [6, 6.07) is 7.01. The minimum atomic E-state index is -0.421. The molecule has 0 fully saturated rings. The van der Waals surface area contributed by atoms with E-state index >= 15 is 0 Å². The first-order chi connectivity index (χ1) is 7.66. The first-order valence-electron chi connectivity index (χ1n) is 4.64. The molecule has 4 nitrogen and oxygen atoms in total. The molecule has 0 aliphatic heterocycles. The molecule has 1 heterocycles. The van der Waals surface area contributed by atoms with E-state index in [4.69, 9.17) is 11.6 Å². The van der Waals surface area contributed by atoms with E-state index in [2.05, 4.69) is 14.7 Å². The van der Waals surface area contributed by atoms with Crippen molar-refractivity contribution in [1.29, 1.82) is 0 Å². The van der Waals surface area contributed by atoms with Gasteiger partial charge in [-0.3, -0.25) is 4.99 Å². The highest BCUT2D eigenvalue weighted by molar-refractivity contribution is 6.30. The molecule has 2 aromatic rings. The van der Waals surface area contributed by atoms with Crippen molar-refractivity contribution in [3.63, 3.8) is 0 Å². The van der Waals surface area contributed by atoms with Gasteiger partial charge in [-0.05, 0) is 31.2 Å². The van der Waals surface area contributed by atoms with E-state index in [9.17, 15) is 4.79 Å². The van der Waals surface area contributed by atoms with Crippen molar-refractivity contribution in [3.05, 3.63) is 51.0 Å². The Morgan fingerprint density at radius 2 is 2.06 bits per heavy atom. The second-order valence-corrected chi connectivity index (χ2v) is 3.70. The molecule has 1 aromatic heterocycles. The Morgan fingerprint density at radius 1 is 1.38 bits per heavy atom. The fourth-order valence-corrected chi connectivity index (χ4v) is 1.33. The number of rotatable bonds is 2. The summed E-state index contributed by atoms with van der Waals surface area (Å²) < 4.78 is 4.61. The van der Waals surface area contributed by atoms with Crippen LogP contribution in [0.4, 0.5) is 5.69 Å². The first kappa shape index (κ1) is 10.7. The van der Waals surface area contributed by atoms with Crippen LogP contribution < -0.4 is 5.63 Å². The molecular weight excluding hydrogens is 228 g/mol. The third-order valence-electron chi connectivity index (χ3n) is 2.09. The molecular formula is C11H9ClN2O2. The average Bonchev–Trinajstić information content (AvgIpc) is 2.59. The molecule has 0 saturated heterocycles. The monoisotopic (exact) mass is 236 g/mol. The normalized spacial score (nSPS) is 11.1. The van der Waals surface area contributed by atoms with Gasteiger partial charge in [0.1, 0.15) is 5.56 Å². The number of aromatic amines is 1. The number of halogens is 1. The van der Waals surface area contributed by atoms with Crippen molar-refractivity contribution in [2.75, 3.05) is 0 Å². The van der Waals surface area contributed by atoms with Crippen molar-refractivity contribution >= 4 is 23.5 Å². The van der Waals surface area contributed by atoms with Crippen molar-refractivity contribution in [2.45, 2.75) is 6.92 Å². The quantitative estimate of drug-likeness (QED) is 0.815. The standard InChI is InChI=1S/C11H9ClN2O2/c1-7-10(11(15)16-14-7)6-13-9-4-2-8(12)3-5-9/h2-6,14H,1H3. The van der Waals surface area contributed by atoms with Crippen LogP contribution in [0, 0.1) is 6.92 Å². The molecule has 82 valence electrons. The van der Waals surface area contributed by atoms with Gasteiger partial charge in [0, 0.05) is 11.2 Å². The molecule has 1 N–H and O–H groups in total. The van der Waals surface area contributed by atoms with E-state index in [1.54, 1.807) is 31.2 Å². The number of benzene rings is 1. The Bertz CT molecular complexity index is 566. The summed E-state index contributed by atoms with van der Waals surface area (Å²) in [7, 11) is 0. The first-order valence-corrected chi connectivity index (χ1v) is 5.02. The number of H-pyrrole nitrogens is 1. The molecule has 2 rings (SSSR count). The van der Waals surface area contributed by atoms with Crippen LogP contribution in [-0.2, 0) is 0 Å². The summed E-state index contributed by atoms with van der Waals surface area (Å²) in [6.07, 6.45) is 1.47. The molecule has 0 saturated carbocycles. The summed E-state index contributed by atoms with van der Waals surface area (Å²) in [5, 5.41) is 3.13. The van der Waals surface area contributed by atoms with Crippen LogP contribution in [0.15, 0.2) is 38.6 Å². The molecule has 0 amide bonds. The van der Waals surface area contributed by atoms with Crippen LogP contribution in [0.5, 0.6) is 0 Å². The van der Waals surface area contributed by atoms with Gasteiger partial charge >= 0.3 is 5.63 Å². The number of hydrogen-bond acceptors (Lipinski definition) is 3. The average molecular weight is 237 g/mol.